The molecule has 192 valence electrons. The van der Waals surface area contributed by atoms with Crippen LogP contribution in [0.2, 0.25) is 0 Å². The van der Waals surface area contributed by atoms with E-state index in [1.54, 1.807) is 30.7 Å². The summed E-state index contributed by atoms with van der Waals surface area (Å²) in [6.07, 6.45) is 9.28. The van der Waals surface area contributed by atoms with Crippen LogP contribution >= 0.6 is 0 Å². The van der Waals surface area contributed by atoms with Crippen LogP contribution in [0, 0.1) is 11.7 Å². The third-order valence-corrected chi connectivity index (χ3v) is 7.55. The SMILES string of the molecule is O=C(Nc1cncc(-c2cc3c(-c4cc5c(-c6ccc(F)cc6)cccc5[nH]4)n[nH]c3cn2)c1)C1CCCC1. The van der Waals surface area contributed by atoms with E-state index in [-0.39, 0.29) is 17.6 Å². The van der Waals surface area contributed by atoms with Crippen LogP contribution in [0.25, 0.3) is 55.6 Å². The molecule has 0 radical (unpaired) electrons. The summed E-state index contributed by atoms with van der Waals surface area (Å²) >= 11 is 0. The maximum absolute atomic E-state index is 13.5. The number of hydrogen-bond donors (Lipinski definition) is 3. The third kappa shape index (κ3) is 4.33. The number of halogens is 1. The summed E-state index contributed by atoms with van der Waals surface area (Å²) in [7, 11) is 0. The molecule has 3 N–H and O–H groups in total. The lowest BCUT2D eigenvalue weighted by atomic mass is 10.0. The molecule has 1 aliphatic rings. The minimum absolute atomic E-state index is 0.0609. The highest BCUT2D eigenvalue weighted by atomic mass is 19.1. The van der Waals surface area contributed by atoms with Crippen molar-refractivity contribution < 1.29 is 9.18 Å². The largest absolute Gasteiger partial charge is 0.353 e. The standard InChI is InChI=1S/C31H25FN6O/c32-21-10-8-18(9-11-21)23-6-3-7-26-24(23)13-28(36-26)30-25-14-27(34-17-29(25)37-38-30)20-12-22(16-33-15-20)35-31(39)19-4-1-2-5-19/h3,6-17,19,36H,1-2,4-5H2,(H,35,39)(H,37,38). The van der Waals surface area contributed by atoms with E-state index in [0.717, 1.165) is 81.3 Å². The second kappa shape index (κ2) is 9.47. The molecule has 7 nitrogen and oxygen atoms in total. The van der Waals surface area contributed by atoms with E-state index in [2.05, 4.69) is 36.5 Å². The van der Waals surface area contributed by atoms with Gasteiger partial charge in [0.2, 0.25) is 5.91 Å². The number of anilines is 1. The molecule has 2 aromatic carbocycles. The maximum atomic E-state index is 13.5. The summed E-state index contributed by atoms with van der Waals surface area (Å²) in [5, 5.41) is 12.6. The van der Waals surface area contributed by atoms with Crippen LogP contribution in [-0.4, -0.2) is 31.1 Å². The van der Waals surface area contributed by atoms with Gasteiger partial charge in [0.15, 0.2) is 0 Å². The third-order valence-electron chi connectivity index (χ3n) is 7.55. The molecule has 0 bridgehead atoms. The van der Waals surface area contributed by atoms with Crippen molar-refractivity contribution in [3.63, 3.8) is 0 Å². The maximum Gasteiger partial charge on any atom is 0.227 e. The molecule has 4 aromatic heterocycles. The molecule has 1 amide bonds. The van der Waals surface area contributed by atoms with Crippen molar-refractivity contribution in [3.05, 3.63) is 85.1 Å². The van der Waals surface area contributed by atoms with Crippen molar-refractivity contribution in [3.8, 4) is 33.8 Å². The normalized spacial score (nSPS) is 13.9. The number of aromatic nitrogens is 5. The number of fused-ring (bicyclic) bond motifs is 2. The monoisotopic (exact) mass is 516 g/mol. The Kier molecular flexibility index (Phi) is 5.65. The Balaban J connectivity index is 1.24. The minimum Gasteiger partial charge on any atom is -0.353 e. The van der Waals surface area contributed by atoms with Crippen molar-refractivity contribution in [1.82, 2.24) is 25.1 Å². The van der Waals surface area contributed by atoms with Gasteiger partial charge in [-0.05, 0) is 60.4 Å². The summed E-state index contributed by atoms with van der Waals surface area (Å²) in [6, 6.07) is 18.5. The molecule has 0 aliphatic heterocycles. The highest BCUT2D eigenvalue weighted by Gasteiger charge is 2.23. The number of H-pyrrole nitrogens is 2. The highest BCUT2D eigenvalue weighted by molar-refractivity contribution is 6.01. The molecule has 0 spiro atoms. The number of aromatic amines is 2. The van der Waals surface area contributed by atoms with Gasteiger partial charge in [0.25, 0.3) is 0 Å². The van der Waals surface area contributed by atoms with E-state index in [1.165, 1.54) is 12.1 Å². The summed E-state index contributed by atoms with van der Waals surface area (Å²) in [6.45, 7) is 0. The molecule has 1 aliphatic carbocycles. The Labute approximate surface area is 223 Å². The van der Waals surface area contributed by atoms with Gasteiger partial charge in [-0.1, -0.05) is 37.1 Å². The minimum atomic E-state index is -0.259. The molecule has 0 atom stereocenters. The molecule has 4 heterocycles. The second-order valence-electron chi connectivity index (χ2n) is 10.1. The number of carbonyl (C=O) groups is 1. The Hall–Kier alpha value is -4.85. The molecule has 39 heavy (non-hydrogen) atoms. The zero-order chi connectivity index (χ0) is 26.3. The van der Waals surface area contributed by atoms with E-state index in [9.17, 15) is 9.18 Å². The number of pyridine rings is 2. The van der Waals surface area contributed by atoms with Gasteiger partial charge in [0.05, 0.1) is 35.0 Å². The van der Waals surface area contributed by atoms with Crippen molar-refractivity contribution in [2.45, 2.75) is 25.7 Å². The summed E-state index contributed by atoms with van der Waals surface area (Å²) in [5.41, 5.74) is 7.58. The van der Waals surface area contributed by atoms with Gasteiger partial charge in [-0.3, -0.25) is 19.9 Å². The topological polar surface area (TPSA) is 99.4 Å². The number of hydrogen-bond acceptors (Lipinski definition) is 4. The van der Waals surface area contributed by atoms with E-state index in [0.29, 0.717) is 5.69 Å². The molecule has 8 heteroatoms. The van der Waals surface area contributed by atoms with Gasteiger partial charge in [-0.15, -0.1) is 0 Å². The van der Waals surface area contributed by atoms with Gasteiger partial charge in [0, 0.05) is 34.0 Å². The zero-order valence-corrected chi connectivity index (χ0v) is 21.0. The number of nitrogens with one attached hydrogen (secondary N) is 3. The Bertz CT molecular complexity index is 1830. The first kappa shape index (κ1) is 23.3. The van der Waals surface area contributed by atoms with Gasteiger partial charge >= 0.3 is 0 Å². The van der Waals surface area contributed by atoms with Crippen molar-refractivity contribution in [2.24, 2.45) is 5.92 Å². The number of benzene rings is 2. The smallest absolute Gasteiger partial charge is 0.227 e. The lowest BCUT2D eigenvalue weighted by Crippen LogP contribution is -2.20. The Morgan fingerprint density at radius 3 is 2.59 bits per heavy atom. The lowest BCUT2D eigenvalue weighted by molar-refractivity contribution is -0.119. The van der Waals surface area contributed by atoms with Gasteiger partial charge < -0.3 is 10.3 Å². The molecule has 0 unspecified atom stereocenters. The molecule has 1 fully saturated rings. The molecular weight excluding hydrogens is 491 g/mol. The van der Waals surface area contributed by atoms with Gasteiger partial charge in [-0.25, -0.2) is 4.39 Å². The fourth-order valence-electron chi connectivity index (χ4n) is 5.52. The van der Waals surface area contributed by atoms with Crippen LogP contribution in [0.15, 0.2) is 79.3 Å². The molecule has 0 saturated heterocycles. The van der Waals surface area contributed by atoms with E-state index in [1.807, 2.05) is 30.3 Å². The number of nitrogens with zero attached hydrogens (tertiary/aromatic N) is 3. The second-order valence-corrected chi connectivity index (χ2v) is 10.1. The Morgan fingerprint density at radius 2 is 1.74 bits per heavy atom. The van der Waals surface area contributed by atoms with Crippen LogP contribution in [0.1, 0.15) is 25.7 Å². The average molecular weight is 517 g/mol. The van der Waals surface area contributed by atoms with Crippen LogP contribution in [0.3, 0.4) is 0 Å². The summed E-state index contributed by atoms with van der Waals surface area (Å²) in [5.74, 6) is -0.118. The molecule has 1 saturated carbocycles. The van der Waals surface area contributed by atoms with Crippen molar-refractivity contribution in [1.29, 1.82) is 0 Å². The fraction of sp³-hybridized carbons (Fsp3) is 0.161. The highest BCUT2D eigenvalue weighted by Crippen LogP contribution is 2.35. The first-order chi connectivity index (χ1) is 19.1. The first-order valence-electron chi connectivity index (χ1n) is 13.1. The number of rotatable bonds is 5. The molecule has 6 aromatic rings. The first-order valence-corrected chi connectivity index (χ1v) is 13.1. The average Bonchev–Trinajstić information content (AvgIpc) is 3.73. The van der Waals surface area contributed by atoms with Crippen LogP contribution in [0.5, 0.6) is 0 Å². The lowest BCUT2D eigenvalue weighted by Gasteiger charge is -2.11. The summed E-state index contributed by atoms with van der Waals surface area (Å²) in [4.78, 5) is 25.1. The predicted molar refractivity (Wildman–Crippen MR) is 150 cm³/mol. The quantitative estimate of drug-likeness (QED) is 0.227. The van der Waals surface area contributed by atoms with Crippen molar-refractivity contribution in [2.75, 3.05) is 5.32 Å². The van der Waals surface area contributed by atoms with Crippen LogP contribution in [0.4, 0.5) is 10.1 Å². The van der Waals surface area contributed by atoms with Crippen LogP contribution < -0.4 is 5.32 Å². The molecule has 7 rings (SSSR count). The van der Waals surface area contributed by atoms with E-state index in [4.69, 9.17) is 0 Å². The number of carbonyl (C=O) groups excluding carboxylic acids is 1. The van der Waals surface area contributed by atoms with E-state index >= 15 is 0 Å². The number of amides is 1. The fourth-order valence-corrected chi connectivity index (χ4v) is 5.52. The predicted octanol–water partition coefficient (Wildman–Crippen LogP) is 7.10. The van der Waals surface area contributed by atoms with Gasteiger partial charge in [-0.2, -0.15) is 5.10 Å². The summed E-state index contributed by atoms with van der Waals surface area (Å²) < 4.78 is 13.5. The van der Waals surface area contributed by atoms with Crippen molar-refractivity contribution >= 4 is 33.4 Å². The van der Waals surface area contributed by atoms with Crippen LogP contribution in [-0.2, 0) is 4.79 Å². The van der Waals surface area contributed by atoms with Gasteiger partial charge in [0.1, 0.15) is 11.5 Å². The zero-order valence-electron chi connectivity index (χ0n) is 21.0. The Morgan fingerprint density at radius 1 is 0.897 bits per heavy atom. The molecular formula is C31H25FN6O. The van der Waals surface area contributed by atoms with E-state index < -0.39 is 0 Å².